The fourth-order valence-electron chi connectivity index (χ4n) is 5.38. The van der Waals surface area contributed by atoms with E-state index in [1.807, 2.05) is 26.0 Å². The van der Waals surface area contributed by atoms with E-state index < -0.39 is 5.54 Å². The van der Waals surface area contributed by atoms with E-state index in [4.69, 9.17) is 4.99 Å². The van der Waals surface area contributed by atoms with E-state index in [0.29, 0.717) is 18.9 Å². The first kappa shape index (κ1) is 25.0. The summed E-state index contributed by atoms with van der Waals surface area (Å²) in [7, 11) is 0. The Hall–Kier alpha value is -3.06. The first-order valence-corrected chi connectivity index (χ1v) is 12.6. The number of carbonyl (C=O) groups is 2. The molecule has 2 aromatic carbocycles. The van der Waals surface area contributed by atoms with Crippen molar-refractivity contribution in [1.29, 1.82) is 0 Å². The summed E-state index contributed by atoms with van der Waals surface area (Å²) in [6.07, 6.45) is 3.58. The quantitative estimate of drug-likeness (QED) is 0.586. The number of rotatable bonds is 8. The van der Waals surface area contributed by atoms with Crippen molar-refractivity contribution in [2.24, 2.45) is 4.99 Å². The zero-order valence-corrected chi connectivity index (χ0v) is 20.9. The van der Waals surface area contributed by atoms with Crippen LogP contribution in [0.5, 0.6) is 0 Å². The Morgan fingerprint density at radius 2 is 1.86 bits per heavy atom. The Bertz CT molecular complexity index is 1090. The molecule has 1 atom stereocenters. The number of amidine groups is 1. The minimum absolute atomic E-state index is 0.0122. The minimum atomic E-state index is -0.943. The second-order valence-corrected chi connectivity index (χ2v) is 9.61. The molecule has 0 radical (unpaired) electrons. The van der Waals surface area contributed by atoms with Crippen LogP contribution in [0.25, 0.3) is 0 Å². The molecule has 0 spiro atoms. The zero-order chi connectivity index (χ0) is 25.0. The molecule has 1 unspecified atom stereocenters. The molecule has 0 aromatic heterocycles. The van der Waals surface area contributed by atoms with Crippen molar-refractivity contribution < 1.29 is 14.0 Å². The summed E-state index contributed by atoms with van der Waals surface area (Å²) in [6.45, 7) is 8.98. The molecular weight excluding hydrogens is 443 g/mol. The van der Waals surface area contributed by atoms with E-state index in [2.05, 4.69) is 22.3 Å². The highest BCUT2D eigenvalue weighted by Gasteiger charge is 2.46. The summed E-state index contributed by atoms with van der Waals surface area (Å²) in [6, 6.07) is 14.3. The summed E-state index contributed by atoms with van der Waals surface area (Å²) in [5.74, 6) is 0.853. The van der Waals surface area contributed by atoms with Crippen molar-refractivity contribution in [2.75, 3.05) is 31.5 Å². The van der Waals surface area contributed by atoms with Gasteiger partial charge in [0.2, 0.25) is 5.91 Å². The van der Waals surface area contributed by atoms with Gasteiger partial charge >= 0.3 is 0 Å². The topological polar surface area (TPSA) is 65.0 Å². The van der Waals surface area contributed by atoms with Gasteiger partial charge < -0.3 is 10.2 Å². The number of amides is 2. The first-order chi connectivity index (χ1) is 16.8. The highest BCUT2D eigenvalue weighted by Crippen LogP contribution is 2.37. The molecule has 4 rings (SSSR count). The van der Waals surface area contributed by atoms with E-state index in [0.717, 1.165) is 56.0 Å². The SMILES string of the molecule is CCC1(c2ccc(F)cc2)N=C(C)N(CCCN2CCC(c3cccc(NC(C)=O)c3)CC2)C1=O. The summed E-state index contributed by atoms with van der Waals surface area (Å²) in [4.78, 5) is 33.8. The number of aliphatic imine (C=N–C) groups is 1. The van der Waals surface area contributed by atoms with E-state index in [9.17, 15) is 14.0 Å². The number of hydrogen-bond acceptors (Lipinski definition) is 4. The fraction of sp³-hybridized carbons (Fsp3) is 0.464. The lowest BCUT2D eigenvalue weighted by Crippen LogP contribution is -2.42. The molecule has 1 fully saturated rings. The summed E-state index contributed by atoms with van der Waals surface area (Å²) in [5.41, 5.74) is 1.94. The van der Waals surface area contributed by atoms with Crippen LogP contribution in [0, 0.1) is 5.82 Å². The van der Waals surface area contributed by atoms with Crippen molar-refractivity contribution in [1.82, 2.24) is 9.80 Å². The molecular formula is C28H35FN4O2. The Morgan fingerprint density at radius 3 is 2.51 bits per heavy atom. The van der Waals surface area contributed by atoms with Crippen LogP contribution in [0.4, 0.5) is 10.1 Å². The molecule has 2 amide bonds. The molecule has 35 heavy (non-hydrogen) atoms. The summed E-state index contributed by atoms with van der Waals surface area (Å²) < 4.78 is 13.4. The molecule has 0 bridgehead atoms. The third-order valence-corrected chi connectivity index (χ3v) is 7.30. The largest absolute Gasteiger partial charge is 0.326 e. The van der Waals surface area contributed by atoms with Gasteiger partial charge in [0, 0.05) is 19.2 Å². The number of nitrogens with zero attached hydrogens (tertiary/aromatic N) is 3. The van der Waals surface area contributed by atoms with Gasteiger partial charge in [-0.25, -0.2) is 4.39 Å². The number of nitrogens with one attached hydrogen (secondary N) is 1. The van der Waals surface area contributed by atoms with Gasteiger partial charge in [0.05, 0.1) is 0 Å². The van der Waals surface area contributed by atoms with Crippen molar-refractivity contribution in [3.05, 3.63) is 65.5 Å². The van der Waals surface area contributed by atoms with Gasteiger partial charge in [-0.2, -0.15) is 0 Å². The number of carbonyl (C=O) groups excluding carboxylic acids is 2. The van der Waals surface area contributed by atoms with E-state index in [1.54, 1.807) is 17.0 Å². The lowest BCUT2D eigenvalue weighted by molar-refractivity contribution is -0.131. The standard InChI is InChI=1S/C28H35FN4O2/c1-4-28(24-9-11-25(29)12-10-24)27(35)33(20(2)31-28)16-6-15-32-17-13-22(14-18-32)23-7-5-8-26(19-23)30-21(3)34/h5,7-12,19,22H,4,6,13-18H2,1-3H3,(H,30,34). The molecule has 2 aromatic rings. The van der Waals surface area contributed by atoms with Crippen LogP contribution in [0.15, 0.2) is 53.5 Å². The summed E-state index contributed by atoms with van der Waals surface area (Å²) in [5, 5.41) is 2.87. The maximum atomic E-state index is 13.4. The van der Waals surface area contributed by atoms with Gasteiger partial charge in [-0.1, -0.05) is 31.2 Å². The average molecular weight is 479 g/mol. The first-order valence-electron chi connectivity index (χ1n) is 12.6. The maximum Gasteiger partial charge on any atom is 0.260 e. The predicted octanol–water partition coefficient (Wildman–Crippen LogP) is 4.92. The Morgan fingerprint density at radius 1 is 1.14 bits per heavy atom. The summed E-state index contributed by atoms with van der Waals surface area (Å²) >= 11 is 0. The number of benzene rings is 2. The average Bonchev–Trinajstić information content (AvgIpc) is 3.10. The number of anilines is 1. The van der Waals surface area contributed by atoms with Gasteiger partial charge in [-0.3, -0.25) is 19.5 Å². The van der Waals surface area contributed by atoms with Crippen molar-refractivity contribution >= 4 is 23.3 Å². The van der Waals surface area contributed by atoms with Crippen LogP contribution >= 0.6 is 0 Å². The predicted molar refractivity (Wildman–Crippen MR) is 137 cm³/mol. The number of hydrogen-bond donors (Lipinski definition) is 1. The lowest BCUT2D eigenvalue weighted by atomic mass is 9.87. The van der Waals surface area contributed by atoms with Crippen LogP contribution in [0.2, 0.25) is 0 Å². The Labute approximate surface area is 207 Å². The fourth-order valence-corrected chi connectivity index (χ4v) is 5.38. The molecule has 1 N–H and O–H groups in total. The third kappa shape index (κ3) is 5.45. The molecule has 0 aliphatic carbocycles. The highest BCUT2D eigenvalue weighted by atomic mass is 19.1. The Balaban J connectivity index is 1.29. The van der Waals surface area contributed by atoms with Gasteiger partial charge in [0.15, 0.2) is 5.54 Å². The van der Waals surface area contributed by atoms with Crippen molar-refractivity contribution in [3.63, 3.8) is 0 Å². The van der Waals surface area contributed by atoms with Gasteiger partial charge in [0.25, 0.3) is 5.91 Å². The monoisotopic (exact) mass is 478 g/mol. The van der Waals surface area contributed by atoms with E-state index >= 15 is 0 Å². The van der Waals surface area contributed by atoms with Gasteiger partial charge in [-0.05, 0) is 93.6 Å². The molecule has 2 aliphatic rings. The molecule has 186 valence electrons. The van der Waals surface area contributed by atoms with Crippen LogP contribution in [0.1, 0.15) is 63.5 Å². The molecule has 2 heterocycles. The molecule has 2 aliphatic heterocycles. The van der Waals surface area contributed by atoms with Crippen LogP contribution in [-0.4, -0.2) is 53.6 Å². The normalized spacial score (nSPS) is 21.3. The number of halogens is 1. The lowest BCUT2D eigenvalue weighted by Gasteiger charge is -2.33. The van der Waals surface area contributed by atoms with Crippen molar-refractivity contribution in [2.45, 2.75) is 57.9 Å². The number of likely N-dealkylation sites (tertiary alicyclic amines) is 1. The Kier molecular flexibility index (Phi) is 7.65. The van der Waals surface area contributed by atoms with Crippen LogP contribution < -0.4 is 5.32 Å². The smallest absolute Gasteiger partial charge is 0.260 e. The maximum absolute atomic E-state index is 13.4. The van der Waals surface area contributed by atoms with Gasteiger partial charge in [0.1, 0.15) is 11.7 Å². The molecule has 1 saturated heterocycles. The molecule has 6 nitrogen and oxygen atoms in total. The minimum Gasteiger partial charge on any atom is -0.326 e. The molecule has 0 saturated carbocycles. The van der Waals surface area contributed by atoms with Gasteiger partial charge in [-0.15, -0.1) is 0 Å². The van der Waals surface area contributed by atoms with Crippen molar-refractivity contribution in [3.8, 4) is 0 Å². The zero-order valence-electron chi connectivity index (χ0n) is 20.9. The second kappa shape index (κ2) is 10.7. The van der Waals surface area contributed by atoms with E-state index in [1.165, 1.54) is 24.6 Å². The third-order valence-electron chi connectivity index (χ3n) is 7.30. The second-order valence-electron chi connectivity index (χ2n) is 9.61. The van der Waals surface area contributed by atoms with Crippen LogP contribution in [0.3, 0.4) is 0 Å². The molecule has 7 heteroatoms. The van der Waals surface area contributed by atoms with E-state index in [-0.39, 0.29) is 17.6 Å². The highest BCUT2D eigenvalue weighted by molar-refractivity contribution is 6.07. The van der Waals surface area contributed by atoms with Crippen LogP contribution in [-0.2, 0) is 15.1 Å². The number of piperidine rings is 1.